The Labute approximate surface area is 110 Å². The van der Waals surface area contributed by atoms with E-state index in [1.54, 1.807) is 31.3 Å². The molecule has 0 radical (unpaired) electrons. The fraction of sp³-hybridized carbons (Fsp3) is 0.154. The molecule has 6 heteroatoms. The van der Waals surface area contributed by atoms with Gasteiger partial charge in [-0.15, -0.1) is 0 Å². The summed E-state index contributed by atoms with van der Waals surface area (Å²) in [5, 5.41) is 13.4. The van der Waals surface area contributed by atoms with Gasteiger partial charge in [0.25, 0.3) is 5.91 Å². The van der Waals surface area contributed by atoms with Crippen LogP contribution in [-0.2, 0) is 16.1 Å². The lowest BCUT2D eigenvalue weighted by atomic mass is 10.1. The number of carboxylic acids is 1. The Bertz CT molecular complexity index is 506. The van der Waals surface area contributed by atoms with Crippen molar-refractivity contribution in [2.24, 2.45) is 0 Å². The first-order chi connectivity index (χ1) is 9.02. The average molecular weight is 262 g/mol. The van der Waals surface area contributed by atoms with Crippen molar-refractivity contribution in [3.05, 3.63) is 47.5 Å². The van der Waals surface area contributed by atoms with Crippen molar-refractivity contribution < 1.29 is 19.5 Å². The van der Waals surface area contributed by atoms with Gasteiger partial charge in [0.05, 0.1) is 0 Å². The predicted molar refractivity (Wildman–Crippen MR) is 68.5 cm³/mol. The van der Waals surface area contributed by atoms with E-state index in [9.17, 15) is 14.4 Å². The summed E-state index contributed by atoms with van der Waals surface area (Å²) in [6.45, 7) is 0.261. The molecule has 0 spiro atoms. The van der Waals surface area contributed by atoms with E-state index in [1.807, 2.05) is 0 Å². The Kier molecular flexibility index (Phi) is 5.28. The van der Waals surface area contributed by atoms with Gasteiger partial charge < -0.3 is 15.7 Å². The maximum Gasteiger partial charge on any atom is 0.328 e. The fourth-order valence-electron chi connectivity index (χ4n) is 1.31. The van der Waals surface area contributed by atoms with Crippen molar-refractivity contribution in [1.82, 2.24) is 10.6 Å². The lowest BCUT2D eigenvalue weighted by Crippen LogP contribution is -2.21. The van der Waals surface area contributed by atoms with Crippen LogP contribution in [0.15, 0.2) is 36.4 Å². The summed E-state index contributed by atoms with van der Waals surface area (Å²) in [4.78, 5) is 32.7. The van der Waals surface area contributed by atoms with Crippen LogP contribution in [0.5, 0.6) is 0 Å². The summed E-state index contributed by atoms with van der Waals surface area (Å²) in [6, 6.07) is 6.72. The van der Waals surface area contributed by atoms with Crippen LogP contribution in [0.3, 0.4) is 0 Å². The van der Waals surface area contributed by atoms with E-state index in [0.717, 1.165) is 17.7 Å². The predicted octanol–water partition coefficient (Wildman–Crippen LogP) is 0.303. The number of hydrogen-bond donors (Lipinski definition) is 3. The van der Waals surface area contributed by atoms with Crippen LogP contribution in [-0.4, -0.2) is 29.9 Å². The van der Waals surface area contributed by atoms with Crippen LogP contribution in [0, 0.1) is 0 Å². The van der Waals surface area contributed by atoms with Crippen molar-refractivity contribution >= 4 is 17.8 Å². The first kappa shape index (κ1) is 14.4. The normalized spacial score (nSPS) is 10.2. The van der Waals surface area contributed by atoms with Crippen molar-refractivity contribution in [3.63, 3.8) is 0 Å². The van der Waals surface area contributed by atoms with Gasteiger partial charge in [-0.05, 0) is 17.7 Å². The van der Waals surface area contributed by atoms with Gasteiger partial charge in [-0.2, -0.15) is 0 Å². The zero-order valence-electron chi connectivity index (χ0n) is 10.3. The molecule has 0 saturated heterocycles. The zero-order valence-corrected chi connectivity index (χ0v) is 10.3. The molecule has 6 nitrogen and oxygen atoms in total. The summed E-state index contributed by atoms with van der Waals surface area (Å²) in [5.74, 6) is -1.84. The second kappa shape index (κ2) is 6.95. The van der Waals surface area contributed by atoms with Crippen LogP contribution in [0.25, 0.3) is 0 Å². The molecular weight excluding hydrogens is 248 g/mol. The third kappa shape index (κ3) is 5.03. The summed E-state index contributed by atoms with van der Waals surface area (Å²) in [5.41, 5.74) is 1.34. The number of carboxylic acid groups (broad SMARTS) is 1. The first-order valence-corrected chi connectivity index (χ1v) is 5.53. The van der Waals surface area contributed by atoms with Crippen LogP contribution in [0.2, 0.25) is 0 Å². The summed E-state index contributed by atoms with van der Waals surface area (Å²) in [7, 11) is 1.55. The lowest BCUT2D eigenvalue weighted by molar-refractivity contribution is -0.131. The SMILES string of the molecule is CNC(=O)c1ccc(CNC(=O)/C=C/C(=O)O)cc1. The van der Waals surface area contributed by atoms with Gasteiger partial charge in [0.1, 0.15) is 0 Å². The molecule has 1 rings (SSSR count). The van der Waals surface area contributed by atoms with Gasteiger partial charge in [0.2, 0.25) is 5.91 Å². The number of rotatable bonds is 5. The third-order valence-corrected chi connectivity index (χ3v) is 2.29. The molecule has 3 N–H and O–H groups in total. The number of carbonyl (C=O) groups is 3. The lowest BCUT2D eigenvalue weighted by Gasteiger charge is -2.04. The Morgan fingerprint density at radius 3 is 2.32 bits per heavy atom. The van der Waals surface area contributed by atoms with E-state index < -0.39 is 11.9 Å². The second-order valence-electron chi connectivity index (χ2n) is 3.67. The van der Waals surface area contributed by atoms with Crippen LogP contribution in [0.1, 0.15) is 15.9 Å². The molecular formula is C13H14N2O4. The average Bonchev–Trinajstić information content (AvgIpc) is 2.42. The van der Waals surface area contributed by atoms with E-state index in [-0.39, 0.29) is 12.5 Å². The molecule has 0 aliphatic heterocycles. The highest BCUT2D eigenvalue weighted by Crippen LogP contribution is 2.04. The fourth-order valence-corrected chi connectivity index (χ4v) is 1.31. The molecule has 0 unspecified atom stereocenters. The minimum absolute atomic E-state index is 0.181. The molecule has 2 amide bonds. The monoisotopic (exact) mass is 262 g/mol. The molecule has 0 heterocycles. The van der Waals surface area contributed by atoms with Crippen LogP contribution < -0.4 is 10.6 Å². The molecule has 19 heavy (non-hydrogen) atoms. The van der Waals surface area contributed by atoms with E-state index in [4.69, 9.17) is 5.11 Å². The maximum atomic E-state index is 11.3. The van der Waals surface area contributed by atoms with Gasteiger partial charge in [0.15, 0.2) is 0 Å². The third-order valence-electron chi connectivity index (χ3n) is 2.29. The highest BCUT2D eigenvalue weighted by molar-refractivity contribution is 5.94. The Hall–Kier alpha value is -2.63. The number of carbonyl (C=O) groups excluding carboxylic acids is 2. The number of nitrogens with one attached hydrogen (secondary N) is 2. The molecule has 0 fully saturated rings. The molecule has 0 aromatic heterocycles. The van der Waals surface area contributed by atoms with Gasteiger partial charge >= 0.3 is 5.97 Å². The summed E-state index contributed by atoms with van der Waals surface area (Å²) >= 11 is 0. The molecule has 0 aliphatic carbocycles. The number of benzene rings is 1. The summed E-state index contributed by atoms with van der Waals surface area (Å²) < 4.78 is 0. The van der Waals surface area contributed by atoms with Crippen molar-refractivity contribution in [2.75, 3.05) is 7.05 Å². The van der Waals surface area contributed by atoms with E-state index >= 15 is 0 Å². The minimum atomic E-state index is -1.18. The molecule has 1 aromatic rings. The highest BCUT2D eigenvalue weighted by atomic mass is 16.4. The number of hydrogen-bond acceptors (Lipinski definition) is 3. The Morgan fingerprint density at radius 1 is 1.16 bits per heavy atom. The molecule has 100 valence electrons. The van der Waals surface area contributed by atoms with E-state index in [2.05, 4.69) is 10.6 Å². The van der Waals surface area contributed by atoms with Crippen molar-refractivity contribution in [1.29, 1.82) is 0 Å². The number of amides is 2. The molecule has 0 saturated carbocycles. The van der Waals surface area contributed by atoms with E-state index in [1.165, 1.54) is 0 Å². The molecule has 0 atom stereocenters. The van der Waals surface area contributed by atoms with Crippen molar-refractivity contribution in [3.8, 4) is 0 Å². The maximum absolute atomic E-state index is 11.3. The molecule has 0 bridgehead atoms. The highest BCUT2D eigenvalue weighted by Gasteiger charge is 2.02. The summed E-state index contributed by atoms with van der Waals surface area (Å²) in [6.07, 6.45) is 1.71. The topological polar surface area (TPSA) is 95.5 Å². The Morgan fingerprint density at radius 2 is 1.79 bits per heavy atom. The zero-order chi connectivity index (χ0) is 14.3. The first-order valence-electron chi connectivity index (χ1n) is 5.53. The quantitative estimate of drug-likeness (QED) is 0.665. The van der Waals surface area contributed by atoms with Gasteiger partial charge in [-0.1, -0.05) is 12.1 Å². The smallest absolute Gasteiger partial charge is 0.328 e. The van der Waals surface area contributed by atoms with Gasteiger partial charge in [-0.25, -0.2) is 4.79 Å². The second-order valence-corrected chi connectivity index (χ2v) is 3.67. The standard InChI is InChI=1S/C13H14N2O4/c1-14-13(19)10-4-2-9(3-5-10)8-15-11(16)6-7-12(17)18/h2-7H,8H2,1H3,(H,14,19)(H,15,16)(H,17,18)/b7-6+. The largest absolute Gasteiger partial charge is 0.478 e. The van der Waals surface area contributed by atoms with Crippen LogP contribution in [0.4, 0.5) is 0 Å². The van der Waals surface area contributed by atoms with Gasteiger partial charge in [-0.3, -0.25) is 9.59 Å². The van der Waals surface area contributed by atoms with Crippen molar-refractivity contribution in [2.45, 2.75) is 6.54 Å². The van der Waals surface area contributed by atoms with E-state index in [0.29, 0.717) is 5.56 Å². The molecule has 0 aliphatic rings. The van der Waals surface area contributed by atoms with Gasteiger partial charge in [0, 0.05) is 31.3 Å². The van der Waals surface area contributed by atoms with Crippen LogP contribution >= 0.6 is 0 Å². The number of aliphatic carboxylic acids is 1. The minimum Gasteiger partial charge on any atom is -0.478 e. The molecule has 1 aromatic carbocycles. The Balaban J connectivity index is 2.52.